The first-order valence-electron chi connectivity index (χ1n) is 4.84. The topological polar surface area (TPSA) is 85.5 Å². The summed E-state index contributed by atoms with van der Waals surface area (Å²) in [5, 5.41) is -0.256. The summed E-state index contributed by atoms with van der Waals surface area (Å²) in [6.45, 7) is 0. The fraction of sp³-hybridized carbons (Fsp3) is 0.300. The molecule has 0 amide bonds. The monoisotopic (exact) mass is 287 g/mol. The molecule has 0 radical (unpaired) electrons. The van der Waals surface area contributed by atoms with Crippen LogP contribution in [0.25, 0.3) is 6.08 Å². The van der Waals surface area contributed by atoms with Gasteiger partial charge in [-0.3, -0.25) is 9.59 Å². The van der Waals surface area contributed by atoms with Gasteiger partial charge in [0.25, 0.3) is 0 Å². The van der Waals surface area contributed by atoms with E-state index in [1.54, 1.807) is 0 Å². The SMILES string of the molecule is COC(=O)C1=Cc2sc(=O)[nH]c2SC1C(=O)OC. The molecule has 6 nitrogen and oxygen atoms in total. The average Bonchev–Trinajstić information content (AvgIpc) is 2.74. The summed E-state index contributed by atoms with van der Waals surface area (Å²) in [7, 11) is 2.47. The molecule has 2 heterocycles. The van der Waals surface area contributed by atoms with Gasteiger partial charge in [0.1, 0.15) is 5.25 Å². The number of methoxy groups -OCH3 is 2. The van der Waals surface area contributed by atoms with Crippen LogP contribution >= 0.6 is 23.1 Å². The van der Waals surface area contributed by atoms with Gasteiger partial charge in [-0.05, 0) is 6.08 Å². The van der Waals surface area contributed by atoms with E-state index in [9.17, 15) is 14.4 Å². The molecule has 1 aliphatic heterocycles. The van der Waals surface area contributed by atoms with Crippen LogP contribution in [0, 0.1) is 0 Å². The van der Waals surface area contributed by atoms with Crippen LogP contribution in [0.15, 0.2) is 15.4 Å². The highest BCUT2D eigenvalue weighted by Gasteiger charge is 2.35. The van der Waals surface area contributed by atoms with Crippen molar-refractivity contribution in [3.63, 3.8) is 0 Å². The number of H-pyrrole nitrogens is 1. The normalized spacial score (nSPS) is 17.7. The summed E-state index contributed by atoms with van der Waals surface area (Å²) < 4.78 is 9.26. The number of hydrogen-bond donors (Lipinski definition) is 1. The number of hydrogen-bond acceptors (Lipinski definition) is 7. The van der Waals surface area contributed by atoms with Crippen molar-refractivity contribution in [2.24, 2.45) is 0 Å². The van der Waals surface area contributed by atoms with Crippen LogP contribution in [0.1, 0.15) is 4.88 Å². The zero-order valence-corrected chi connectivity index (χ0v) is 11.1. The number of nitrogens with one attached hydrogen (secondary N) is 1. The molecule has 0 fully saturated rings. The molecule has 18 heavy (non-hydrogen) atoms. The Morgan fingerprint density at radius 3 is 2.67 bits per heavy atom. The molecule has 0 bridgehead atoms. The molecule has 0 spiro atoms. The predicted octanol–water partition coefficient (Wildman–Crippen LogP) is 0.640. The Bertz CT molecular complexity index is 585. The molecule has 8 heteroatoms. The molecular formula is C10H9NO5S2. The van der Waals surface area contributed by atoms with Crippen LogP contribution in [0.2, 0.25) is 0 Å². The summed E-state index contributed by atoms with van der Waals surface area (Å²) >= 11 is 2.05. The van der Waals surface area contributed by atoms with E-state index in [1.807, 2.05) is 0 Å². The highest BCUT2D eigenvalue weighted by Crippen LogP contribution is 2.38. The number of thioether (sulfide) groups is 1. The van der Waals surface area contributed by atoms with E-state index in [4.69, 9.17) is 0 Å². The van der Waals surface area contributed by atoms with Gasteiger partial charge < -0.3 is 14.5 Å². The smallest absolute Gasteiger partial charge is 0.335 e. The Kier molecular flexibility index (Phi) is 3.58. The lowest BCUT2D eigenvalue weighted by Gasteiger charge is -2.19. The Labute approximate surface area is 110 Å². The van der Waals surface area contributed by atoms with Crippen LogP contribution in [0.4, 0.5) is 0 Å². The molecule has 2 rings (SSSR count). The number of aromatic amines is 1. The lowest BCUT2D eigenvalue weighted by molar-refractivity contribution is -0.142. The Morgan fingerprint density at radius 1 is 1.33 bits per heavy atom. The Hall–Kier alpha value is -1.54. The number of carbonyl (C=O) groups is 2. The number of fused-ring (bicyclic) bond motifs is 1. The first kappa shape index (κ1) is 12.9. The van der Waals surface area contributed by atoms with Crippen molar-refractivity contribution in [1.29, 1.82) is 0 Å². The summed E-state index contributed by atoms with van der Waals surface area (Å²) in [4.78, 5) is 37.5. The number of thiazole rings is 1. The van der Waals surface area contributed by atoms with Crippen LogP contribution in [-0.4, -0.2) is 36.4 Å². The number of esters is 2. The van der Waals surface area contributed by atoms with E-state index in [0.29, 0.717) is 9.90 Å². The number of rotatable bonds is 2. The fourth-order valence-electron chi connectivity index (χ4n) is 1.47. The maximum atomic E-state index is 11.6. The van der Waals surface area contributed by atoms with E-state index in [-0.39, 0.29) is 10.4 Å². The molecule has 0 aliphatic carbocycles. The van der Waals surface area contributed by atoms with Crippen molar-refractivity contribution < 1.29 is 19.1 Å². The van der Waals surface area contributed by atoms with Crippen LogP contribution in [0.5, 0.6) is 0 Å². The van der Waals surface area contributed by atoms with Gasteiger partial charge in [-0.2, -0.15) is 0 Å². The molecule has 1 aromatic heterocycles. The van der Waals surface area contributed by atoms with E-state index in [2.05, 4.69) is 14.5 Å². The second-order valence-corrected chi connectivity index (χ2v) is 5.45. The third kappa shape index (κ3) is 2.21. The van der Waals surface area contributed by atoms with Gasteiger partial charge in [-0.1, -0.05) is 23.1 Å². The standard InChI is InChI=1S/C10H9NO5S2/c1-15-8(12)4-3-5-7(11-10(14)17-5)18-6(4)9(13)16-2/h3,6H,1-2H3,(H,11,14). The second kappa shape index (κ2) is 4.99. The minimum absolute atomic E-state index is 0.178. The Balaban J connectivity index is 2.48. The summed E-state index contributed by atoms with van der Waals surface area (Å²) in [6.07, 6.45) is 1.49. The molecule has 1 N–H and O–H groups in total. The van der Waals surface area contributed by atoms with E-state index in [1.165, 1.54) is 20.3 Å². The number of aromatic nitrogens is 1. The molecule has 0 saturated heterocycles. The van der Waals surface area contributed by atoms with E-state index in [0.717, 1.165) is 23.1 Å². The van der Waals surface area contributed by atoms with Crippen LogP contribution in [0.3, 0.4) is 0 Å². The molecule has 1 atom stereocenters. The van der Waals surface area contributed by atoms with Gasteiger partial charge in [-0.15, -0.1) is 0 Å². The highest BCUT2D eigenvalue weighted by molar-refractivity contribution is 8.01. The zero-order valence-electron chi connectivity index (χ0n) is 9.51. The molecule has 96 valence electrons. The first-order chi connectivity index (χ1) is 8.56. The number of ether oxygens (including phenoxy) is 2. The minimum Gasteiger partial charge on any atom is -0.468 e. The largest absolute Gasteiger partial charge is 0.468 e. The zero-order chi connectivity index (χ0) is 13.3. The average molecular weight is 287 g/mol. The minimum atomic E-state index is -0.819. The van der Waals surface area contributed by atoms with Crippen LogP contribution in [-0.2, 0) is 19.1 Å². The highest BCUT2D eigenvalue weighted by atomic mass is 32.2. The summed E-state index contributed by atoms with van der Waals surface area (Å²) in [5.74, 6) is -1.17. The molecule has 0 saturated carbocycles. The van der Waals surface area contributed by atoms with Gasteiger partial charge in [0.2, 0.25) is 0 Å². The molecule has 0 aromatic carbocycles. The van der Waals surface area contributed by atoms with Crippen molar-refractivity contribution in [1.82, 2.24) is 4.98 Å². The van der Waals surface area contributed by atoms with E-state index < -0.39 is 17.2 Å². The van der Waals surface area contributed by atoms with Gasteiger partial charge in [-0.25, -0.2) is 4.79 Å². The van der Waals surface area contributed by atoms with Gasteiger partial charge in [0, 0.05) is 0 Å². The van der Waals surface area contributed by atoms with E-state index >= 15 is 0 Å². The molecule has 1 unspecified atom stereocenters. The van der Waals surface area contributed by atoms with Gasteiger partial charge in [0.15, 0.2) is 0 Å². The predicted molar refractivity (Wildman–Crippen MR) is 66.6 cm³/mol. The fourth-order valence-corrected chi connectivity index (χ4v) is 3.54. The third-order valence-corrected chi connectivity index (χ3v) is 4.48. The van der Waals surface area contributed by atoms with Crippen molar-refractivity contribution in [3.8, 4) is 0 Å². The van der Waals surface area contributed by atoms with Gasteiger partial charge >= 0.3 is 16.8 Å². The molecular weight excluding hydrogens is 278 g/mol. The first-order valence-corrected chi connectivity index (χ1v) is 6.54. The molecule has 1 aliphatic rings. The van der Waals surface area contributed by atoms with Crippen molar-refractivity contribution in [2.75, 3.05) is 14.2 Å². The third-order valence-electron chi connectivity index (χ3n) is 2.28. The maximum Gasteiger partial charge on any atom is 0.335 e. The lowest BCUT2D eigenvalue weighted by Crippen LogP contribution is -2.27. The lowest BCUT2D eigenvalue weighted by atomic mass is 10.1. The van der Waals surface area contributed by atoms with Crippen molar-refractivity contribution in [2.45, 2.75) is 10.3 Å². The van der Waals surface area contributed by atoms with Gasteiger partial charge in [0.05, 0.1) is 29.7 Å². The Morgan fingerprint density at radius 2 is 2.06 bits per heavy atom. The molecule has 1 aromatic rings. The van der Waals surface area contributed by atoms with Crippen molar-refractivity contribution >= 4 is 41.1 Å². The van der Waals surface area contributed by atoms with Crippen molar-refractivity contribution in [3.05, 3.63) is 20.1 Å². The number of carbonyl (C=O) groups excluding carboxylic acids is 2. The maximum absolute atomic E-state index is 11.6. The second-order valence-electron chi connectivity index (χ2n) is 3.32. The van der Waals surface area contributed by atoms with Crippen LogP contribution < -0.4 is 4.87 Å². The quantitative estimate of drug-likeness (QED) is 0.803. The summed E-state index contributed by atoms with van der Waals surface area (Å²) in [6, 6.07) is 0. The summed E-state index contributed by atoms with van der Waals surface area (Å²) in [5.41, 5.74) is 0.178.